The molecule has 0 saturated carbocycles. The SMILES string of the molecule is CCOC(=O)Cn1c(C)c(/C=C(\C#N)C(=O)c2cccc([N+](=O)[O-])c2)c2ccccc21. The maximum absolute atomic E-state index is 12.9. The standard InChI is InChI=1S/C23H19N3O5/c1-3-31-22(27)14-25-15(2)20(19-9-4-5-10-21(19)25)12-17(13-24)23(28)16-7-6-8-18(11-16)26(29)30/h4-12H,3,14H2,1-2H3/b17-12+. The van der Waals surface area contributed by atoms with E-state index in [2.05, 4.69) is 0 Å². The number of esters is 1. The fraction of sp³-hybridized carbons (Fsp3) is 0.174. The van der Waals surface area contributed by atoms with E-state index in [-0.39, 0.29) is 30.0 Å². The minimum absolute atomic E-state index is 0.00522. The Morgan fingerprint density at radius 2 is 1.97 bits per heavy atom. The number of carbonyl (C=O) groups excluding carboxylic acids is 2. The molecule has 3 rings (SSSR count). The van der Waals surface area contributed by atoms with Crippen LogP contribution in [0.3, 0.4) is 0 Å². The number of ether oxygens (including phenoxy) is 1. The van der Waals surface area contributed by atoms with Gasteiger partial charge >= 0.3 is 5.97 Å². The first kappa shape index (κ1) is 21.5. The zero-order valence-electron chi connectivity index (χ0n) is 17.0. The molecule has 0 bridgehead atoms. The van der Waals surface area contributed by atoms with Gasteiger partial charge in [0.15, 0.2) is 0 Å². The summed E-state index contributed by atoms with van der Waals surface area (Å²) < 4.78 is 6.82. The smallest absolute Gasteiger partial charge is 0.325 e. The van der Waals surface area contributed by atoms with Gasteiger partial charge in [-0.1, -0.05) is 30.3 Å². The summed E-state index contributed by atoms with van der Waals surface area (Å²) in [5.74, 6) is -1.01. The van der Waals surface area contributed by atoms with E-state index >= 15 is 0 Å². The topological polar surface area (TPSA) is 115 Å². The minimum Gasteiger partial charge on any atom is -0.465 e. The summed E-state index contributed by atoms with van der Waals surface area (Å²) in [6.45, 7) is 3.78. The van der Waals surface area contributed by atoms with Crippen LogP contribution in [0, 0.1) is 28.4 Å². The third-order valence-electron chi connectivity index (χ3n) is 4.85. The van der Waals surface area contributed by atoms with Crippen LogP contribution in [0.5, 0.6) is 0 Å². The number of rotatable bonds is 7. The van der Waals surface area contributed by atoms with Gasteiger partial charge in [-0.3, -0.25) is 19.7 Å². The molecular weight excluding hydrogens is 398 g/mol. The molecule has 8 nitrogen and oxygen atoms in total. The summed E-state index contributed by atoms with van der Waals surface area (Å²) in [4.78, 5) is 35.3. The van der Waals surface area contributed by atoms with Crippen LogP contribution in [0.2, 0.25) is 0 Å². The lowest BCUT2D eigenvalue weighted by atomic mass is 10.0. The monoisotopic (exact) mass is 417 g/mol. The highest BCUT2D eigenvalue weighted by Crippen LogP contribution is 2.29. The first-order valence-electron chi connectivity index (χ1n) is 9.51. The highest BCUT2D eigenvalue weighted by atomic mass is 16.6. The van der Waals surface area contributed by atoms with Crippen molar-refractivity contribution in [1.82, 2.24) is 4.57 Å². The van der Waals surface area contributed by atoms with Crippen LogP contribution in [-0.2, 0) is 16.1 Å². The van der Waals surface area contributed by atoms with Crippen LogP contribution in [0.25, 0.3) is 17.0 Å². The number of allylic oxidation sites excluding steroid dienone is 1. The molecule has 0 fully saturated rings. The largest absolute Gasteiger partial charge is 0.465 e. The molecule has 0 unspecified atom stereocenters. The number of non-ortho nitro benzene ring substituents is 1. The number of nitro groups is 1. The van der Waals surface area contributed by atoms with E-state index < -0.39 is 16.7 Å². The zero-order chi connectivity index (χ0) is 22.5. The van der Waals surface area contributed by atoms with Crippen molar-refractivity contribution in [2.45, 2.75) is 20.4 Å². The fourth-order valence-corrected chi connectivity index (χ4v) is 3.39. The van der Waals surface area contributed by atoms with Gasteiger partial charge in [-0.05, 0) is 26.0 Å². The highest BCUT2D eigenvalue weighted by Gasteiger charge is 2.19. The number of para-hydroxylation sites is 1. The second-order valence-corrected chi connectivity index (χ2v) is 6.71. The number of hydrogen-bond donors (Lipinski definition) is 0. The van der Waals surface area contributed by atoms with Crippen molar-refractivity contribution in [1.29, 1.82) is 5.26 Å². The minimum atomic E-state index is -0.618. The summed E-state index contributed by atoms with van der Waals surface area (Å²) >= 11 is 0. The molecule has 8 heteroatoms. The fourth-order valence-electron chi connectivity index (χ4n) is 3.39. The number of nitrogens with zero attached hydrogens (tertiary/aromatic N) is 3. The van der Waals surface area contributed by atoms with Crippen molar-refractivity contribution in [3.63, 3.8) is 0 Å². The number of fused-ring (bicyclic) bond motifs is 1. The molecule has 0 aliphatic rings. The number of hydrogen-bond acceptors (Lipinski definition) is 6. The van der Waals surface area contributed by atoms with Gasteiger partial charge in [-0.2, -0.15) is 5.26 Å². The van der Waals surface area contributed by atoms with Gasteiger partial charge in [0.05, 0.1) is 11.5 Å². The number of nitriles is 1. The second-order valence-electron chi connectivity index (χ2n) is 6.71. The van der Waals surface area contributed by atoms with E-state index in [1.54, 1.807) is 18.4 Å². The van der Waals surface area contributed by atoms with Crippen molar-refractivity contribution >= 4 is 34.4 Å². The molecule has 0 amide bonds. The number of Topliss-reactive ketones (excluding diaryl/α,β-unsaturated/α-hetero) is 1. The van der Waals surface area contributed by atoms with Crippen molar-refractivity contribution in [3.05, 3.63) is 81.0 Å². The highest BCUT2D eigenvalue weighted by molar-refractivity contribution is 6.15. The molecule has 156 valence electrons. The van der Waals surface area contributed by atoms with E-state index in [9.17, 15) is 25.0 Å². The molecule has 0 atom stereocenters. The average Bonchev–Trinajstić information content (AvgIpc) is 3.02. The van der Waals surface area contributed by atoms with Crippen molar-refractivity contribution in [2.75, 3.05) is 6.61 Å². The third kappa shape index (κ3) is 4.36. The van der Waals surface area contributed by atoms with Crippen LogP contribution >= 0.6 is 0 Å². The van der Waals surface area contributed by atoms with Crippen molar-refractivity contribution < 1.29 is 19.2 Å². The number of aromatic nitrogens is 1. The van der Waals surface area contributed by atoms with Gasteiger partial charge in [0, 0.05) is 39.9 Å². The summed E-state index contributed by atoms with van der Waals surface area (Å²) in [5, 5.41) is 21.4. The van der Waals surface area contributed by atoms with Crippen LogP contribution in [0.1, 0.15) is 28.5 Å². The van der Waals surface area contributed by atoms with Crippen LogP contribution < -0.4 is 0 Å². The Morgan fingerprint density at radius 3 is 2.65 bits per heavy atom. The van der Waals surface area contributed by atoms with Crippen molar-refractivity contribution in [2.24, 2.45) is 0 Å². The van der Waals surface area contributed by atoms with Crippen LogP contribution in [0.15, 0.2) is 54.1 Å². The Labute approximate surface area is 178 Å². The summed E-state index contributed by atoms with van der Waals surface area (Å²) in [6.07, 6.45) is 1.46. The molecule has 3 aromatic rings. The van der Waals surface area contributed by atoms with Gasteiger partial charge < -0.3 is 9.30 Å². The lowest BCUT2D eigenvalue weighted by Gasteiger charge is -2.07. The molecule has 1 heterocycles. The average molecular weight is 417 g/mol. The maximum Gasteiger partial charge on any atom is 0.325 e. The Morgan fingerprint density at radius 1 is 1.23 bits per heavy atom. The number of benzene rings is 2. The van der Waals surface area contributed by atoms with E-state index in [1.807, 2.05) is 30.3 Å². The van der Waals surface area contributed by atoms with E-state index in [1.165, 1.54) is 24.3 Å². The lowest BCUT2D eigenvalue weighted by molar-refractivity contribution is -0.384. The predicted molar refractivity (Wildman–Crippen MR) is 114 cm³/mol. The van der Waals surface area contributed by atoms with E-state index in [4.69, 9.17) is 4.74 Å². The van der Waals surface area contributed by atoms with Gasteiger partial charge in [0.25, 0.3) is 5.69 Å². The van der Waals surface area contributed by atoms with Crippen LogP contribution in [-0.4, -0.2) is 27.8 Å². The predicted octanol–water partition coefficient (Wildman–Crippen LogP) is 4.21. The number of ketones is 1. The Kier molecular flexibility index (Phi) is 6.26. The molecule has 0 radical (unpaired) electrons. The van der Waals surface area contributed by atoms with E-state index in [0.29, 0.717) is 11.3 Å². The Balaban J connectivity index is 2.10. The van der Waals surface area contributed by atoms with Crippen LogP contribution in [0.4, 0.5) is 5.69 Å². The number of carbonyl (C=O) groups is 2. The molecule has 0 aliphatic carbocycles. The normalized spacial score (nSPS) is 11.2. The molecule has 31 heavy (non-hydrogen) atoms. The van der Waals surface area contributed by atoms with Gasteiger partial charge in [0.2, 0.25) is 5.78 Å². The molecule has 0 N–H and O–H groups in total. The van der Waals surface area contributed by atoms with Gasteiger partial charge in [0.1, 0.15) is 18.2 Å². The third-order valence-corrected chi connectivity index (χ3v) is 4.85. The van der Waals surface area contributed by atoms with E-state index in [0.717, 1.165) is 17.0 Å². The quantitative estimate of drug-likeness (QED) is 0.142. The van der Waals surface area contributed by atoms with Gasteiger partial charge in [-0.25, -0.2) is 0 Å². The lowest BCUT2D eigenvalue weighted by Crippen LogP contribution is -2.14. The second kappa shape index (κ2) is 9.05. The molecule has 0 spiro atoms. The molecular formula is C23H19N3O5. The molecule has 1 aromatic heterocycles. The zero-order valence-corrected chi connectivity index (χ0v) is 17.0. The molecule has 2 aromatic carbocycles. The Hall–Kier alpha value is -4.25. The molecule has 0 aliphatic heterocycles. The summed E-state index contributed by atoms with van der Waals surface area (Å²) in [6, 6.07) is 14.5. The summed E-state index contributed by atoms with van der Waals surface area (Å²) in [7, 11) is 0. The van der Waals surface area contributed by atoms with Crippen molar-refractivity contribution in [3.8, 4) is 6.07 Å². The Bertz CT molecular complexity index is 1260. The number of nitro benzene ring substituents is 1. The first-order chi connectivity index (χ1) is 14.9. The maximum atomic E-state index is 12.9. The molecule has 0 saturated heterocycles. The summed E-state index contributed by atoms with van der Waals surface area (Å²) in [5.41, 5.74) is 1.73. The van der Waals surface area contributed by atoms with Gasteiger partial charge in [-0.15, -0.1) is 0 Å². The first-order valence-corrected chi connectivity index (χ1v) is 9.51.